The first-order valence-electron chi connectivity index (χ1n) is 8.35. The monoisotopic (exact) mass is 532 g/mol. The summed E-state index contributed by atoms with van der Waals surface area (Å²) in [7, 11) is 0. The molecule has 0 atom stereocenters. The molecule has 0 amide bonds. The molecule has 0 unspecified atom stereocenters. The van der Waals surface area contributed by atoms with E-state index in [1.807, 2.05) is 0 Å². The Morgan fingerprint density at radius 2 is 0.920 bits per heavy atom. The van der Waals surface area contributed by atoms with E-state index >= 15 is 0 Å². The van der Waals surface area contributed by atoms with E-state index in [-0.39, 0.29) is 24.8 Å². The van der Waals surface area contributed by atoms with Crippen molar-refractivity contribution in [1.29, 1.82) is 0 Å². The van der Waals surface area contributed by atoms with Gasteiger partial charge in [0.15, 0.2) is 0 Å². The molecule has 1 aliphatic heterocycles. The normalized spacial score (nSPS) is 13.3. The van der Waals surface area contributed by atoms with Crippen LogP contribution in [0.1, 0.15) is 0 Å². The van der Waals surface area contributed by atoms with E-state index in [1.54, 1.807) is 6.64 Å². The predicted molar refractivity (Wildman–Crippen MR) is 95.0 cm³/mol. The summed E-state index contributed by atoms with van der Waals surface area (Å²) in [4.78, 5) is 0. The standard InChI is InChI=1S/2C10H7.C2H4.2ClH.Hf/c2*1-2-5-9-7-4-8-10(9)6-3-1;1-2;;;/h2*1-7H;1-2H2;2*1H;/q;;;;;+2/p-2. The maximum absolute atomic E-state index is 2.53. The minimum atomic E-state index is -2.53. The van der Waals surface area contributed by atoms with Gasteiger partial charge in [0.25, 0.3) is 0 Å². The van der Waals surface area contributed by atoms with Gasteiger partial charge in [0.05, 0.1) is 0 Å². The molecule has 0 aromatic carbocycles. The van der Waals surface area contributed by atoms with Crippen molar-refractivity contribution in [1.82, 2.24) is 0 Å². The van der Waals surface area contributed by atoms with Gasteiger partial charge >= 0.3 is 142 Å². The van der Waals surface area contributed by atoms with Crippen molar-refractivity contribution >= 4 is 6.64 Å². The molecular weight excluding hydrogens is 514 g/mol. The number of hydrogen-bond donors (Lipinski definition) is 0. The summed E-state index contributed by atoms with van der Waals surface area (Å²) in [6.07, 6.45) is 0. The Hall–Kier alpha value is -1.15. The van der Waals surface area contributed by atoms with E-state index in [0.717, 1.165) is 0 Å². The van der Waals surface area contributed by atoms with Crippen LogP contribution in [0.2, 0.25) is 8.35 Å². The van der Waals surface area contributed by atoms with Crippen LogP contribution in [-0.2, 0) is 20.0 Å². The topological polar surface area (TPSA) is 0 Å². The Morgan fingerprint density at radius 3 is 1.36 bits per heavy atom. The molecule has 0 aromatic heterocycles. The van der Waals surface area contributed by atoms with Gasteiger partial charge in [-0.1, -0.05) is 0 Å². The fraction of sp³-hybridized carbons (Fsp3) is 0.0909. The second kappa shape index (κ2) is 7.23. The summed E-state index contributed by atoms with van der Waals surface area (Å²) < 4.78 is 6.40. The van der Waals surface area contributed by atoms with Crippen molar-refractivity contribution in [2.75, 3.05) is 0 Å². The molecule has 124 valence electrons. The second-order valence-corrected chi connectivity index (χ2v) is 21.9. The zero-order valence-corrected chi connectivity index (χ0v) is 18.9. The van der Waals surface area contributed by atoms with Crippen LogP contribution >= 0.6 is 0 Å². The molecule has 0 spiro atoms. The summed E-state index contributed by atoms with van der Waals surface area (Å²) in [5, 5.41) is 0. The first kappa shape index (κ1) is 18.6. The van der Waals surface area contributed by atoms with Crippen molar-refractivity contribution in [2.24, 2.45) is 0 Å². The minimum absolute atomic E-state index is 0. The molecule has 0 bridgehead atoms. The molecular formula is C22H18Cl2Hf. The molecule has 25 heavy (non-hydrogen) atoms. The van der Waals surface area contributed by atoms with Crippen LogP contribution in [0.25, 0.3) is 22.3 Å². The van der Waals surface area contributed by atoms with Gasteiger partial charge < -0.3 is 24.8 Å². The zero-order chi connectivity index (χ0) is 15.3. The molecule has 1 saturated heterocycles. The summed E-state index contributed by atoms with van der Waals surface area (Å²) >= 11 is -2.53. The Morgan fingerprint density at radius 1 is 0.480 bits per heavy atom. The SMILES string of the molecule is [Cl-].[Cl-].c1ccc2cc[c]([Hf+2]3([c]4ccc5cccccc4-5)[CH2][CH2]3)c-2cc1. The molecule has 4 aliphatic carbocycles. The fourth-order valence-electron chi connectivity index (χ4n) is 4.07. The van der Waals surface area contributed by atoms with Crippen LogP contribution in [0.4, 0.5) is 0 Å². The number of halogens is 2. The van der Waals surface area contributed by atoms with Crippen LogP contribution in [0.5, 0.6) is 0 Å². The van der Waals surface area contributed by atoms with Gasteiger partial charge in [-0.2, -0.15) is 0 Å². The van der Waals surface area contributed by atoms with Crippen LogP contribution in [0.3, 0.4) is 0 Å². The van der Waals surface area contributed by atoms with Gasteiger partial charge in [0, 0.05) is 0 Å². The van der Waals surface area contributed by atoms with Crippen molar-refractivity contribution in [3.05, 3.63) is 84.9 Å². The average molecular weight is 532 g/mol. The van der Waals surface area contributed by atoms with Crippen molar-refractivity contribution in [3.8, 4) is 22.3 Å². The van der Waals surface area contributed by atoms with Crippen LogP contribution < -0.4 is 31.5 Å². The molecule has 3 heteroatoms. The van der Waals surface area contributed by atoms with E-state index in [0.29, 0.717) is 0 Å². The Kier molecular flexibility index (Phi) is 5.39. The van der Waals surface area contributed by atoms with Crippen molar-refractivity contribution in [3.63, 3.8) is 0 Å². The summed E-state index contributed by atoms with van der Waals surface area (Å²) in [6.45, 7) is 0. The molecule has 5 aliphatic rings. The van der Waals surface area contributed by atoms with Crippen LogP contribution in [-0.4, -0.2) is 0 Å². The molecule has 0 radical (unpaired) electrons. The third-order valence-electron chi connectivity index (χ3n) is 5.36. The van der Waals surface area contributed by atoms with Gasteiger partial charge in [-0.25, -0.2) is 0 Å². The molecule has 0 N–H and O–H groups in total. The summed E-state index contributed by atoms with van der Waals surface area (Å²) in [6, 6.07) is 31.7. The van der Waals surface area contributed by atoms with Crippen molar-refractivity contribution in [2.45, 2.75) is 8.35 Å². The van der Waals surface area contributed by atoms with Crippen LogP contribution in [0.15, 0.2) is 84.9 Å². The van der Waals surface area contributed by atoms with Gasteiger partial charge in [-0.15, -0.1) is 0 Å². The second-order valence-electron chi connectivity index (χ2n) is 6.64. The summed E-state index contributed by atoms with van der Waals surface area (Å²) in [5.74, 6) is 0. The van der Waals surface area contributed by atoms with E-state index in [9.17, 15) is 0 Å². The Balaban J connectivity index is 0.000000911. The van der Waals surface area contributed by atoms with Gasteiger partial charge in [0.2, 0.25) is 0 Å². The molecule has 0 nitrogen and oxygen atoms in total. The van der Waals surface area contributed by atoms with E-state index < -0.39 is 20.0 Å². The number of rotatable bonds is 2. The zero-order valence-electron chi connectivity index (χ0n) is 13.8. The molecule has 1 heterocycles. The average Bonchev–Trinajstić information content (AvgIpc) is 3.27. The summed E-state index contributed by atoms with van der Waals surface area (Å²) in [5.41, 5.74) is 5.81. The quantitative estimate of drug-likeness (QED) is 0.287. The predicted octanol–water partition coefficient (Wildman–Crippen LogP) is -1.14. The van der Waals surface area contributed by atoms with E-state index in [4.69, 9.17) is 0 Å². The molecule has 5 rings (SSSR count). The first-order valence-corrected chi connectivity index (χ1v) is 17.0. The fourth-order valence-corrected chi connectivity index (χ4v) is 25.5. The number of hydrogen-bond acceptors (Lipinski definition) is 0. The van der Waals surface area contributed by atoms with E-state index in [2.05, 4.69) is 84.9 Å². The molecule has 0 saturated carbocycles. The number of fused-ring (bicyclic) bond motifs is 2. The van der Waals surface area contributed by atoms with E-state index in [1.165, 1.54) is 30.6 Å². The Bertz CT molecular complexity index is 871. The van der Waals surface area contributed by atoms with Crippen molar-refractivity contribution < 1.29 is 44.8 Å². The third kappa shape index (κ3) is 2.97. The molecule has 0 aromatic rings. The Labute approximate surface area is 166 Å². The van der Waals surface area contributed by atoms with Gasteiger partial charge in [-0.3, -0.25) is 0 Å². The molecule has 1 fully saturated rings. The van der Waals surface area contributed by atoms with Crippen LogP contribution in [0, 0.1) is 0 Å². The maximum atomic E-state index is 2.45. The first-order chi connectivity index (χ1) is 11.4. The van der Waals surface area contributed by atoms with Gasteiger partial charge in [0.1, 0.15) is 0 Å². The third-order valence-corrected chi connectivity index (χ3v) is 21.3. The van der Waals surface area contributed by atoms with Gasteiger partial charge in [-0.05, 0) is 0 Å².